The van der Waals surface area contributed by atoms with Gasteiger partial charge in [0.05, 0.1) is 18.6 Å². The van der Waals surface area contributed by atoms with Gasteiger partial charge in [0.25, 0.3) is 0 Å². The average Bonchev–Trinajstić information content (AvgIpc) is 3.26. The summed E-state index contributed by atoms with van der Waals surface area (Å²) >= 11 is 0.885. The summed E-state index contributed by atoms with van der Waals surface area (Å²) in [7, 11) is 0. The zero-order chi connectivity index (χ0) is 18.5. The van der Waals surface area contributed by atoms with E-state index in [0.29, 0.717) is 6.61 Å². The van der Waals surface area contributed by atoms with Crippen molar-refractivity contribution in [3.63, 3.8) is 0 Å². The molecule has 3 saturated heterocycles. The summed E-state index contributed by atoms with van der Waals surface area (Å²) in [5.74, 6) is -1.53. The first kappa shape index (κ1) is 18.2. The number of hydrogen-bond donors (Lipinski definition) is 0. The highest BCUT2D eigenvalue weighted by Gasteiger charge is 2.60. The number of imidazole rings is 1. The van der Waals surface area contributed by atoms with Crippen molar-refractivity contribution >= 4 is 17.2 Å². The van der Waals surface area contributed by atoms with Crippen molar-refractivity contribution in [2.75, 3.05) is 6.61 Å². The van der Waals surface area contributed by atoms with Crippen molar-refractivity contribution in [1.82, 2.24) is 8.96 Å². The Bertz CT molecular complexity index is 666. The number of rotatable bonds is 3. The first-order valence-electron chi connectivity index (χ1n) is 8.42. The third-order valence-corrected chi connectivity index (χ3v) is 4.99. The Balaban J connectivity index is 1.49. The SMILES string of the molecule is CC1(C)O[C@H]2O[C@H]([C@H]3COC(C)(C)O3)[C@H](OC(=O)Sn3ccnc3)[C@H]2O1. The molecule has 0 aliphatic carbocycles. The molecule has 0 spiro atoms. The standard InChI is InChI=1S/C16H22N2O7S/c1-15(2)20-7-9(23-15)10-11(12-13(21-10)25-16(3,4)24-12)22-14(19)26-18-6-5-17-8-18/h5-6,8-13H,7H2,1-4H3/t9-,10-,11+,12-,13-/m1/s1. The average molecular weight is 386 g/mol. The fourth-order valence-corrected chi connectivity index (χ4v) is 3.88. The van der Waals surface area contributed by atoms with Crippen LogP contribution in [0.5, 0.6) is 0 Å². The van der Waals surface area contributed by atoms with E-state index in [2.05, 4.69) is 4.98 Å². The van der Waals surface area contributed by atoms with Gasteiger partial charge in [0.15, 0.2) is 30.1 Å². The molecule has 9 nitrogen and oxygen atoms in total. The molecule has 4 rings (SSSR count). The van der Waals surface area contributed by atoms with Crippen molar-refractivity contribution in [2.24, 2.45) is 0 Å². The molecule has 0 bridgehead atoms. The number of ether oxygens (including phenoxy) is 6. The van der Waals surface area contributed by atoms with Gasteiger partial charge in [0.2, 0.25) is 0 Å². The maximum absolute atomic E-state index is 12.4. The van der Waals surface area contributed by atoms with Gasteiger partial charge in [0.1, 0.15) is 18.5 Å². The molecule has 3 aliphatic heterocycles. The summed E-state index contributed by atoms with van der Waals surface area (Å²) < 4.78 is 36.5. The van der Waals surface area contributed by atoms with Crippen molar-refractivity contribution in [3.8, 4) is 0 Å². The number of fused-ring (bicyclic) bond motifs is 1. The molecule has 10 heteroatoms. The Hall–Kier alpha value is -1.17. The molecule has 3 aliphatic rings. The van der Waals surface area contributed by atoms with Crippen LogP contribution in [0.15, 0.2) is 18.7 Å². The molecule has 0 saturated carbocycles. The molecular weight excluding hydrogens is 364 g/mol. The maximum atomic E-state index is 12.4. The van der Waals surface area contributed by atoms with Gasteiger partial charge in [-0.15, -0.1) is 0 Å². The van der Waals surface area contributed by atoms with Gasteiger partial charge in [-0.3, -0.25) is 3.97 Å². The van der Waals surface area contributed by atoms with Crippen LogP contribution in [-0.4, -0.2) is 63.1 Å². The fourth-order valence-electron chi connectivity index (χ4n) is 3.33. The van der Waals surface area contributed by atoms with E-state index < -0.39 is 41.5 Å². The molecule has 1 aromatic rings. The normalized spacial score (nSPS) is 37.6. The molecule has 0 radical (unpaired) electrons. The topological polar surface area (TPSA) is 90.3 Å². The summed E-state index contributed by atoms with van der Waals surface area (Å²) in [5.41, 5.74) is 0. The third-order valence-electron chi connectivity index (χ3n) is 4.32. The van der Waals surface area contributed by atoms with Crippen LogP contribution < -0.4 is 0 Å². The van der Waals surface area contributed by atoms with E-state index in [1.165, 1.54) is 6.33 Å². The Labute approximate surface area is 155 Å². The molecule has 5 atom stereocenters. The molecular formula is C16H22N2O7S. The second kappa shape index (κ2) is 6.47. The van der Waals surface area contributed by atoms with Crippen LogP contribution in [0.1, 0.15) is 27.7 Å². The Morgan fingerprint density at radius 1 is 1.19 bits per heavy atom. The van der Waals surface area contributed by atoms with Crippen LogP contribution in [0.25, 0.3) is 0 Å². The molecule has 144 valence electrons. The van der Waals surface area contributed by atoms with E-state index >= 15 is 0 Å². The highest BCUT2D eigenvalue weighted by atomic mass is 32.2. The van der Waals surface area contributed by atoms with E-state index in [9.17, 15) is 4.79 Å². The summed E-state index contributed by atoms with van der Waals surface area (Å²) in [6, 6.07) is 0. The van der Waals surface area contributed by atoms with E-state index in [1.54, 1.807) is 30.2 Å². The number of carbonyl (C=O) groups excluding carboxylic acids is 1. The number of carbonyl (C=O) groups is 1. The van der Waals surface area contributed by atoms with Gasteiger partial charge in [-0.25, -0.2) is 9.78 Å². The molecule has 0 N–H and O–H groups in total. The lowest BCUT2D eigenvalue weighted by molar-refractivity contribution is -0.231. The molecule has 1 aromatic heterocycles. The minimum absolute atomic E-state index is 0.337. The summed E-state index contributed by atoms with van der Waals surface area (Å²) in [6.07, 6.45) is 2.00. The van der Waals surface area contributed by atoms with Crippen molar-refractivity contribution < 1.29 is 33.2 Å². The molecule has 26 heavy (non-hydrogen) atoms. The highest BCUT2D eigenvalue weighted by Crippen LogP contribution is 2.42. The lowest BCUT2D eigenvalue weighted by Gasteiger charge is -2.28. The Morgan fingerprint density at radius 3 is 2.65 bits per heavy atom. The van der Waals surface area contributed by atoms with Crippen LogP contribution in [0.4, 0.5) is 4.79 Å². The summed E-state index contributed by atoms with van der Waals surface area (Å²) in [4.78, 5) is 16.3. The number of nitrogens with zero attached hydrogens (tertiary/aromatic N) is 2. The first-order valence-corrected chi connectivity index (χ1v) is 9.20. The summed E-state index contributed by atoms with van der Waals surface area (Å²) in [5, 5.41) is -0.492. The monoisotopic (exact) mass is 386 g/mol. The van der Waals surface area contributed by atoms with Crippen LogP contribution in [-0.2, 0) is 28.4 Å². The predicted octanol–water partition coefficient (Wildman–Crippen LogP) is 1.91. The van der Waals surface area contributed by atoms with E-state index in [1.807, 2.05) is 13.8 Å². The van der Waals surface area contributed by atoms with Crippen molar-refractivity contribution in [3.05, 3.63) is 18.7 Å². The molecule has 0 unspecified atom stereocenters. The van der Waals surface area contributed by atoms with Crippen LogP contribution in [0, 0.1) is 0 Å². The van der Waals surface area contributed by atoms with E-state index in [-0.39, 0.29) is 6.10 Å². The Kier molecular flexibility index (Phi) is 4.53. The molecule has 3 fully saturated rings. The fraction of sp³-hybridized carbons (Fsp3) is 0.750. The lowest BCUT2D eigenvalue weighted by Crippen LogP contribution is -2.44. The molecule has 0 amide bonds. The van der Waals surface area contributed by atoms with Gasteiger partial charge in [-0.2, -0.15) is 0 Å². The van der Waals surface area contributed by atoms with Crippen LogP contribution in [0.3, 0.4) is 0 Å². The first-order chi connectivity index (χ1) is 12.2. The smallest absolute Gasteiger partial charge is 0.389 e. The largest absolute Gasteiger partial charge is 0.447 e. The maximum Gasteiger partial charge on any atom is 0.389 e. The van der Waals surface area contributed by atoms with Crippen molar-refractivity contribution in [2.45, 2.75) is 70.0 Å². The number of hydrogen-bond acceptors (Lipinski definition) is 9. The van der Waals surface area contributed by atoms with Crippen molar-refractivity contribution in [1.29, 1.82) is 0 Å². The zero-order valence-corrected chi connectivity index (χ0v) is 15.8. The van der Waals surface area contributed by atoms with Crippen LogP contribution >= 0.6 is 11.9 Å². The second-order valence-electron chi connectivity index (χ2n) is 7.28. The third kappa shape index (κ3) is 3.62. The second-order valence-corrected chi connectivity index (χ2v) is 8.22. The lowest BCUT2D eigenvalue weighted by atomic mass is 10.1. The van der Waals surface area contributed by atoms with Gasteiger partial charge in [-0.05, 0) is 27.7 Å². The van der Waals surface area contributed by atoms with E-state index in [4.69, 9.17) is 28.4 Å². The minimum atomic E-state index is -0.811. The zero-order valence-electron chi connectivity index (χ0n) is 15.0. The van der Waals surface area contributed by atoms with Crippen LogP contribution in [0.2, 0.25) is 0 Å². The quantitative estimate of drug-likeness (QED) is 0.723. The van der Waals surface area contributed by atoms with Gasteiger partial charge >= 0.3 is 5.30 Å². The van der Waals surface area contributed by atoms with Gasteiger partial charge in [0, 0.05) is 12.4 Å². The number of aromatic nitrogens is 2. The summed E-state index contributed by atoms with van der Waals surface area (Å²) in [6.45, 7) is 7.58. The molecule has 0 aromatic carbocycles. The van der Waals surface area contributed by atoms with Gasteiger partial charge < -0.3 is 28.4 Å². The molecule has 4 heterocycles. The predicted molar refractivity (Wildman–Crippen MR) is 89.1 cm³/mol. The highest BCUT2D eigenvalue weighted by molar-refractivity contribution is 8.11. The van der Waals surface area contributed by atoms with Gasteiger partial charge in [-0.1, -0.05) is 0 Å². The minimum Gasteiger partial charge on any atom is -0.447 e. The Morgan fingerprint density at radius 2 is 2.00 bits per heavy atom. The van der Waals surface area contributed by atoms with E-state index in [0.717, 1.165) is 11.9 Å².